The largest absolute Gasteiger partial charge is 0.372 e. The number of nitrogens with one attached hydrogen (secondary N) is 1. The van der Waals surface area contributed by atoms with Gasteiger partial charge in [-0.2, -0.15) is 0 Å². The van der Waals surface area contributed by atoms with Gasteiger partial charge in [-0.05, 0) is 19.3 Å². The molecule has 2 aliphatic heterocycles. The van der Waals surface area contributed by atoms with Gasteiger partial charge in [-0.25, -0.2) is 4.79 Å². The predicted molar refractivity (Wildman–Crippen MR) is 49.8 cm³/mol. The van der Waals surface area contributed by atoms with Crippen LogP contribution in [0.1, 0.15) is 19.3 Å². The van der Waals surface area contributed by atoms with Gasteiger partial charge in [0.15, 0.2) is 0 Å². The number of hydrogen-bond acceptors (Lipinski definition) is 2. The van der Waals surface area contributed by atoms with Crippen molar-refractivity contribution in [1.29, 1.82) is 0 Å². The van der Waals surface area contributed by atoms with E-state index in [0.717, 1.165) is 25.9 Å². The zero-order valence-electron chi connectivity index (χ0n) is 7.70. The second-order valence-corrected chi connectivity index (χ2v) is 3.48. The highest BCUT2D eigenvalue weighted by Crippen LogP contribution is 2.11. The SMILES string of the molecule is O=C(N1C=CNC1)N1CCCCC1. The minimum atomic E-state index is 0.140. The Kier molecular flexibility index (Phi) is 2.38. The van der Waals surface area contributed by atoms with Crippen molar-refractivity contribution in [2.75, 3.05) is 19.8 Å². The number of carbonyl (C=O) groups is 1. The van der Waals surface area contributed by atoms with Gasteiger partial charge in [0.2, 0.25) is 0 Å². The van der Waals surface area contributed by atoms with Gasteiger partial charge in [-0.1, -0.05) is 0 Å². The lowest BCUT2D eigenvalue weighted by Gasteiger charge is -2.29. The number of amides is 2. The summed E-state index contributed by atoms with van der Waals surface area (Å²) in [4.78, 5) is 15.4. The predicted octanol–water partition coefficient (Wildman–Crippen LogP) is 0.926. The second kappa shape index (κ2) is 3.68. The third-order valence-corrected chi connectivity index (χ3v) is 2.51. The van der Waals surface area contributed by atoms with Crippen LogP contribution in [0, 0.1) is 0 Å². The lowest BCUT2D eigenvalue weighted by molar-refractivity contribution is 0.160. The molecule has 2 amide bonds. The molecule has 1 saturated heterocycles. The van der Waals surface area contributed by atoms with Crippen LogP contribution in [0.4, 0.5) is 4.79 Å². The molecular formula is C9H15N3O. The van der Waals surface area contributed by atoms with Crippen LogP contribution in [0.3, 0.4) is 0 Å². The Morgan fingerprint density at radius 3 is 2.62 bits per heavy atom. The molecule has 1 fully saturated rings. The average Bonchev–Trinajstić information content (AvgIpc) is 2.71. The van der Waals surface area contributed by atoms with Crippen LogP contribution in [-0.4, -0.2) is 35.6 Å². The molecule has 1 N–H and O–H groups in total. The van der Waals surface area contributed by atoms with Crippen molar-refractivity contribution in [2.45, 2.75) is 19.3 Å². The fraction of sp³-hybridized carbons (Fsp3) is 0.667. The van der Waals surface area contributed by atoms with E-state index in [4.69, 9.17) is 0 Å². The number of rotatable bonds is 0. The Morgan fingerprint density at radius 2 is 2.00 bits per heavy atom. The van der Waals surface area contributed by atoms with Crippen molar-refractivity contribution >= 4 is 6.03 Å². The van der Waals surface area contributed by atoms with E-state index in [1.807, 2.05) is 11.1 Å². The number of urea groups is 1. The van der Waals surface area contributed by atoms with E-state index in [1.54, 1.807) is 11.1 Å². The normalized spacial score (nSPS) is 21.8. The van der Waals surface area contributed by atoms with E-state index in [2.05, 4.69) is 5.32 Å². The van der Waals surface area contributed by atoms with Crippen LogP contribution in [0.2, 0.25) is 0 Å². The van der Waals surface area contributed by atoms with E-state index in [0.29, 0.717) is 6.67 Å². The first kappa shape index (κ1) is 8.41. The minimum Gasteiger partial charge on any atom is -0.372 e. The molecule has 0 unspecified atom stereocenters. The molecule has 0 spiro atoms. The molecule has 0 aromatic rings. The lowest BCUT2D eigenvalue weighted by atomic mass is 10.1. The summed E-state index contributed by atoms with van der Waals surface area (Å²) in [5.41, 5.74) is 0. The number of hydrogen-bond donors (Lipinski definition) is 1. The van der Waals surface area contributed by atoms with Crippen molar-refractivity contribution in [2.24, 2.45) is 0 Å². The van der Waals surface area contributed by atoms with Crippen molar-refractivity contribution in [3.8, 4) is 0 Å². The first-order valence-electron chi connectivity index (χ1n) is 4.83. The van der Waals surface area contributed by atoms with Gasteiger partial charge in [0.05, 0.1) is 6.67 Å². The molecule has 13 heavy (non-hydrogen) atoms. The first-order chi connectivity index (χ1) is 6.38. The van der Waals surface area contributed by atoms with Crippen molar-refractivity contribution < 1.29 is 4.79 Å². The summed E-state index contributed by atoms with van der Waals surface area (Å²) < 4.78 is 0. The summed E-state index contributed by atoms with van der Waals surface area (Å²) in [6, 6.07) is 0.140. The summed E-state index contributed by atoms with van der Waals surface area (Å²) in [6.07, 6.45) is 7.17. The average molecular weight is 181 g/mol. The van der Waals surface area contributed by atoms with Gasteiger partial charge in [0.1, 0.15) is 0 Å². The van der Waals surface area contributed by atoms with E-state index < -0.39 is 0 Å². The van der Waals surface area contributed by atoms with E-state index in [1.165, 1.54) is 6.42 Å². The maximum absolute atomic E-state index is 11.8. The highest BCUT2D eigenvalue weighted by atomic mass is 16.2. The van der Waals surface area contributed by atoms with Crippen LogP contribution in [-0.2, 0) is 0 Å². The van der Waals surface area contributed by atoms with Crippen molar-refractivity contribution in [1.82, 2.24) is 15.1 Å². The standard InChI is InChI=1S/C9H15N3O/c13-9(12-7-4-10-8-12)11-5-2-1-3-6-11/h4,7,10H,1-3,5-6,8H2. The smallest absolute Gasteiger partial charge is 0.325 e. The molecular weight excluding hydrogens is 166 g/mol. The quantitative estimate of drug-likeness (QED) is 0.603. The van der Waals surface area contributed by atoms with Crippen molar-refractivity contribution in [3.63, 3.8) is 0 Å². The zero-order chi connectivity index (χ0) is 9.10. The lowest BCUT2D eigenvalue weighted by Crippen LogP contribution is -2.43. The number of nitrogens with zero attached hydrogens (tertiary/aromatic N) is 2. The fourth-order valence-electron chi connectivity index (χ4n) is 1.74. The molecule has 72 valence electrons. The maximum Gasteiger partial charge on any atom is 0.325 e. The van der Waals surface area contributed by atoms with E-state index in [-0.39, 0.29) is 6.03 Å². The topological polar surface area (TPSA) is 35.6 Å². The Bertz CT molecular complexity index is 221. The summed E-state index contributed by atoms with van der Waals surface area (Å²) >= 11 is 0. The van der Waals surface area contributed by atoms with Gasteiger partial charge in [-0.3, -0.25) is 4.90 Å². The molecule has 0 radical (unpaired) electrons. The molecule has 0 bridgehead atoms. The Morgan fingerprint density at radius 1 is 1.23 bits per heavy atom. The van der Waals surface area contributed by atoms with Crippen LogP contribution in [0.5, 0.6) is 0 Å². The third kappa shape index (κ3) is 1.76. The first-order valence-corrected chi connectivity index (χ1v) is 4.83. The molecule has 0 aromatic carbocycles. The Balaban J connectivity index is 1.91. The molecule has 4 heteroatoms. The number of carbonyl (C=O) groups excluding carboxylic acids is 1. The molecule has 4 nitrogen and oxygen atoms in total. The zero-order valence-corrected chi connectivity index (χ0v) is 7.70. The molecule has 0 aliphatic carbocycles. The van der Waals surface area contributed by atoms with Gasteiger partial charge >= 0.3 is 6.03 Å². The third-order valence-electron chi connectivity index (χ3n) is 2.51. The Hall–Kier alpha value is -1.19. The monoisotopic (exact) mass is 181 g/mol. The molecule has 0 aromatic heterocycles. The van der Waals surface area contributed by atoms with Gasteiger partial charge in [0, 0.05) is 25.5 Å². The van der Waals surface area contributed by atoms with Crippen molar-refractivity contribution in [3.05, 3.63) is 12.4 Å². The summed E-state index contributed by atoms with van der Waals surface area (Å²) in [5, 5.41) is 2.99. The van der Waals surface area contributed by atoms with Gasteiger partial charge in [-0.15, -0.1) is 0 Å². The summed E-state index contributed by atoms with van der Waals surface area (Å²) in [7, 11) is 0. The van der Waals surface area contributed by atoms with E-state index >= 15 is 0 Å². The summed E-state index contributed by atoms with van der Waals surface area (Å²) in [5.74, 6) is 0. The number of piperidine rings is 1. The van der Waals surface area contributed by atoms with Gasteiger partial charge < -0.3 is 10.2 Å². The molecule has 0 atom stereocenters. The summed E-state index contributed by atoms with van der Waals surface area (Å²) in [6.45, 7) is 2.46. The minimum absolute atomic E-state index is 0.140. The molecule has 2 aliphatic rings. The Labute approximate surface area is 78.2 Å². The highest BCUT2D eigenvalue weighted by molar-refractivity contribution is 5.75. The van der Waals surface area contributed by atoms with Crippen LogP contribution in [0.25, 0.3) is 0 Å². The van der Waals surface area contributed by atoms with Crippen LogP contribution >= 0.6 is 0 Å². The highest BCUT2D eigenvalue weighted by Gasteiger charge is 2.21. The van der Waals surface area contributed by atoms with Gasteiger partial charge in [0.25, 0.3) is 0 Å². The second-order valence-electron chi connectivity index (χ2n) is 3.48. The number of likely N-dealkylation sites (tertiary alicyclic amines) is 1. The fourth-order valence-corrected chi connectivity index (χ4v) is 1.74. The maximum atomic E-state index is 11.8. The van der Waals surface area contributed by atoms with E-state index in [9.17, 15) is 4.79 Å². The molecule has 0 saturated carbocycles. The molecule has 2 heterocycles. The van der Waals surface area contributed by atoms with Crippen LogP contribution in [0.15, 0.2) is 12.4 Å². The molecule has 2 rings (SSSR count). The van der Waals surface area contributed by atoms with Crippen LogP contribution < -0.4 is 5.32 Å².